The van der Waals surface area contributed by atoms with Crippen LogP contribution in [0.3, 0.4) is 0 Å². The molecule has 6 nitrogen and oxygen atoms in total. The molecule has 0 bridgehead atoms. The maximum Gasteiger partial charge on any atom is 0.300 e. The fourth-order valence-electron chi connectivity index (χ4n) is 2.83. The molecule has 0 aliphatic carbocycles. The van der Waals surface area contributed by atoms with Crippen molar-refractivity contribution in [2.75, 3.05) is 27.2 Å². The number of likely N-dealkylation sites (N-methyl/N-ethyl adjacent to an activating group) is 1. The van der Waals surface area contributed by atoms with E-state index in [2.05, 4.69) is 11.8 Å². The quantitative estimate of drug-likeness (QED) is 0.634. The Labute approximate surface area is 128 Å². The predicted molar refractivity (Wildman–Crippen MR) is 80.6 cm³/mol. The van der Waals surface area contributed by atoms with Crippen molar-refractivity contribution in [3.8, 4) is 0 Å². The molecule has 0 saturated carbocycles. The average molecular weight is 312 g/mol. The SMILES string of the molecule is CC1CN(C(=O)c2cccc(Cl)c2[N+](=O)[O-])CC1N(C)C. The maximum atomic E-state index is 12.6. The molecule has 21 heavy (non-hydrogen) atoms. The van der Waals surface area contributed by atoms with Crippen LogP contribution in [0.15, 0.2) is 18.2 Å². The van der Waals surface area contributed by atoms with Crippen LogP contribution >= 0.6 is 11.6 Å². The molecule has 2 unspecified atom stereocenters. The second-order valence-corrected chi connectivity index (χ2v) is 6.02. The summed E-state index contributed by atoms with van der Waals surface area (Å²) in [7, 11) is 3.94. The predicted octanol–water partition coefficient (Wildman–Crippen LogP) is 2.27. The van der Waals surface area contributed by atoms with Crippen molar-refractivity contribution in [1.29, 1.82) is 0 Å². The Morgan fingerprint density at radius 1 is 1.43 bits per heavy atom. The van der Waals surface area contributed by atoms with E-state index in [-0.39, 0.29) is 28.2 Å². The lowest BCUT2D eigenvalue weighted by atomic mass is 10.1. The second-order valence-electron chi connectivity index (χ2n) is 5.61. The first kappa shape index (κ1) is 15.7. The summed E-state index contributed by atoms with van der Waals surface area (Å²) in [5, 5.41) is 11.1. The van der Waals surface area contributed by atoms with Gasteiger partial charge in [0.1, 0.15) is 10.6 Å². The summed E-state index contributed by atoms with van der Waals surface area (Å²) in [6, 6.07) is 4.70. The molecule has 2 atom stereocenters. The van der Waals surface area contributed by atoms with Crippen molar-refractivity contribution in [2.24, 2.45) is 5.92 Å². The molecule has 0 radical (unpaired) electrons. The monoisotopic (exact) mass is 311 g/mol. The topological polar surface area (TPSA) is 66.7 Å². The first-order chi connectivity index (χ1) is 9.82. The molecule has 0 N–H and O–H groups in total. The second kappa shape index (κ2) is 5.99. The highest BCUT2D eigenvalue weighted by Crippen LogP contribution is 2.31. The van der Waals surface area contributed by atoms with Crippen LogP contribution in [-0.2, 0) is 0 Å². The van der Waals surface area contributed by atoms with E-state index in [1.165, 1.54) is 12.1 Å². The molecule has 1 heterocycles. The number of amides is 1. The Hall–Kier alpha value is -1.66. The number of halogens is 1. The van der Waals surface area contributed by atoms with E-state index in [4.69, 9.17) is 11.6 Å². The van der Waals surface area contributed by atoms with Gasteiger partial charge in [0.2, 0.25) is 0 Å². The van der Waals surface area contributed by atoms with Gasteiger partial charge in [-0.05, 0) is 32.1 Å². The number of rotatable bonds is 3. The number of benzene rings is 1. The van der Waals surface area contributed by atoms with Gasteiger partial charge in [-0.15, -0.1) is 0 Å². The van der Waals surface area contributed by atoms with Gasteiger partial charge in [-0.2, -0.15) is 0 Å². The van der Waals surface area contributed by atoms with Crippen molar-refractivity contribution < 1.29 is 9.72 Å². The van der Waals surface area contributed by atoms with Gasteiger partial charge in [0, 0.05) is 19.1 Å². The Bertz CT molecular complexity index is 577. The average Bonchev–Trinajstić information content (AvgIpc) is 2.79. The minimum atomic E-state index is -0.599. The van der Waals surface area contributed by atoms with Crippen molar-refractivity contribution in [3.05, 3.63) is 38.9 Å². The summed E-state index contributed by atoms with van der Waals surface area (Å²) in [5.41, 5.74) is -0.260. The minimum Gasteiger partial charge on any atom is -0.337 e. The first-order valence-electron chi connectivity index (χ1n) is 6.71. The normalized spacial score (nSPS) is 21.9. The molecule has 114 valence electrons. The standard InChI is InChI=1S/C14H18ClN3O3/c1-9-7-17(8-12(9)16(2)3)14(19)10-5-4-6-11(15)13(10)18(20)21/h4-6,9,12H,7-8H2,1-3H3. The number of nitro benzene ring substituents is 1. The molecular formula is C14H18ClN3O3. The van der Waals surface area contributed by atoms with Gasteiger partial charge in [-0.3, -0.25) is 14.9 Å². The molecule has 1 aliphatic heterocycles. The van der Waals surface area contributed by atoms with Gasteiger partial charge >= 0.3 is 5.69 Å². The summed E-state index contributed by atoms with van der Waals surface area (Å²) in [6.07, 6.45) is 0. The minimum absolute atomic E-state index is 0.0118. The smallest absolute Gasteiger partial charge is 0.300 e. The van der Waals surface area contributed by atoms with E-state index in [1.807, 2.05) is 14.1 Å². The van der Waals surface area contributed by atoms with Crippen LogP contribution in [-0.4, -0.2) is 53.9 Å². The zero-order valence-electron chi connectivity index (χ0n) is 12.2. The Balaban J connectivity index is 2.30. The summed E-state index contributed by atoms with van der Waals surface area (Å²) in [6.45, 7) is 3.23. The van der Waals surface area contributed by atoms with Crippen LogP contribution in [0.1, 0.15) is 17.3 Å². The molecule has 1 aromatic carbocycles. The van der Waals surface area contributed by atoms with E-state index in [0.29, 0.717) is 19.0 Å². The van der Waals surface area contributed by atoms with Gasteiger partial charge in [0.25, 0.3) is 5.91 Å². The van der Waals surface area contributed by atoms with Crippen LogP contribution in [0, 0.1) is 16.0 Å². The highest BCUT2D eigenvalue weighted by atomic mass is 35.5. The number of nitrogens with zero attached hydrogens (tertiary/aromatic N) is 3. The van der Waals surface area contributed by atoms with Gasteiger partial charge in [-0.1, -0.05) is 24.6 Å². The van der Waals surface area contributed by atoms with Crippen LogP contribution in [0.2, 0.25) is 5.02 Å². The summed E-state index contributed by atoms with van der Waals surface area (Å²) in [5.74, 6) is -0.0115. The summed E-state index contributed by atoms with van der Waals surface area (Å²) in [4.78, 5) is 26.9. The van der Waals surface area contributed by atoms with Gasteiger partial charge in [0.15, 0.2) is 0 Å². The number of para-hydroxylation sites is 1. The molecule has 2 rings (SSSR count). The van der Waals surface area contributed by atoms with E-state index in [9.17, 15) is 14.9 Å². The molecule has 1 aliphatic rings. The lowest BCUT2D eigenvalue weighted by Crippen LogP contribution is -2.36. The number of likely N-dealkylation sites (tertiary alicyclic amines) is 1. The number of carbonyl (C=O) groups excluding carboxylic acids is 1. The van der Waals surface area contributed by atoms with Crippen molar-refractivity contribution in [3.63, 3.8) is 0 Å². The fourth-order valence-corrected chi connectivity index (χ4v) is 3.08. The number of nitro groups is 1. The van der Waals surface area contributed by atoms with E-state index < -0.39 is 4.92 Å². The number of hydrogen-bond donors (Lipinski definition) is 0. The van der Waals surface area contributed by atoms with Gasteiger partial charge in [0.05, 0.1) is 4.92 Å². The third-order valence-electron chi connectivity index (χ3n) is 3.92. The van der Waals surface area contributed by atoms with Crippen LogP contribution < -0.4 is 0 Å². The molecular weight excluding hydrogens is 294 g/mol. The van der Waals surface area contributed by atoms with Crippen molar-refractivity contribution in [2.45, 2.75) is 13.0 Å². The lowest BCUT2D eigenvalue weighted by molar-refractivity contribution is -0.385. The molecule has 1 fully saturated rings. The van der Waals surface area contributed by atoms with Gasteiger partial charge in [-0.25, -0.2) is 0 Å². The fraction of sp³-hybridized carbons (Fsp3) is 0.500. The van der Waals surface area contributed by atoms with Gasteiger partial charge < -0.3 is 9.80 Å². The van der Waals surface area contributed by atoms with Crippen molar-refractivity contribution >= 4 is 23.2 Å². The zero-order valence-corrected chi connectivity index (χ0v) is 13.0. The highest BCUT2D eigenvalue weighted by Gasteiger charge is 2.36. The van der Waals surface area contributed by atoms with Crippen molar-refractivity contribution in [1.82, 2.24) is 9.80 Å². The molecule has 0 aromatic heterocycles. The van der Waals surface area contributed by atoms with E-state index in [0.717, 1.165) is 0 Å². The number of hydrogen-bond acceptors (Lipinski definition) is 4. The van der Waals surface area contributed by atoms with Crippen LogP contribution in [0.5, 0.6) is 0 Å². The highest BCUT2D eigenvalue weighted by molar-refractivity contribution is 6.33. The molecule has 1 amide bonds. The Morgan fingerprint density at radius 2 is 2.10 bits per heavy atom. The molecule has 7 heteroatoms. The maximum absolute atomic E-state index is 12.6. The van der Waals surface area contributed by atoms with Crippen LogP contribution in [0.4, 0.5) is 5.69 Å². The largest absolute Gasteiger partial charge is 0.337 e. The molecule has 1 aromatic rings. The lowest BCUT2D eigenvalue weighted by Gasteiger charge is -2.22. The number of carbonyl (C=O) groups is 1. The van der Waals surface area contributed by atoms with Crippen LogP contribution in [0.25, 0.3) is 0 Å². The summed E-state index contributed by atoms with van der Waals surface area (Å²) < 4.78 is 0. The molecule has 1 saturated heterocycles. The third-order valence-corrected chi connectivity index (χ3v) is 4.23. The first-order valence-corrected chi connectivity index (χ1v) is 7.09. The Morgan fingerprint density at radius 3 is 2.62 bits per heavy atom. The molecule has 0 spiro atoms. The van der Waals surface area contributed by atoms with E-state index in [1.54, 1.807) is 11.0 Å². The zero-order chi connectivity index (χ0) is 15.7. The Kier molecular flexibility index (Phi) is 4.49. The van der Waals surface area contributed by atoms with E-state index >= 15 is 0 Å². The third kappa shape index (κ3) is 3.01. The summed E-state index contributed by atoms with van der Waals surface area (Å²) >= 11 is 5.86.